The van der Waals surface area contributed by atoms with Gasteiger partial charge in [-0.25, -0.2) is 0 Å². The van der Waals surface area contributed by atoms with Crippen LogP contribution >= 0.6 is 0 Å². The molecule has 25 heavy (non-hydrogen) atoms. The summed E-state index contributed by atoms with van der Waals surface area (Å²) < 4.78 is 6.21. The van der Waals surface area contributed by atoms with Crippen molar-refractivity contribution in [1.29, 1.82) is 0 Å². The van der Waals surface area contributed by atoms with Crippen molar-refractivity contribution in [2.24, 2.45) is 5.92 Å². The summed E-state index contributed by atoms with van der Waals surface area (Å²) >= 11 is 0. The molecule has 6 rings (SSSR count). The topological polar surface area (TPSA) is 15.7 Å². The third-order valence-corrected chi connectivity index (χ3v) is 7.24. The molecule has 5 aliphatic rings. The van der Waals surface area contributed by atoms with Crippen LogP contribution in [0, 0.1) is 5.92 Å². The van der Waals surface area contributed by atoms with Gasteiger partial charge in [0, 0.05) is 12.1 Å². The third kappa shape index (κ3) is 3.21. The third-order valence-electron chi connectivity index (χ3n) is 7.24. The van der Waals surface area contributed by atoms with Crippen molar-refractivity contribution >= 4 is 0 Å². The number of benzene rings is 1. The van der Waals surface area contributed by atoms with Gasteiger partial charge in [0.05, 0.1) is 6.61 Å². The average Bonchev–Trinajstić information content (AvgIpc) is 3.32. The Labute approximate surface area is 152 Å². The number of fused-ring (bicyclic) bond motifs is 4. The number of nitrogens with zero attached hydrogens (tertiary/aromatic N) is 2. The van der Waals surface area contributed by atoms with Crippen LogP contribution in [0.15, 0.2) is 18.2 Å². The summed E-state index contributed by atoms with van der Waals surface area (Å²) in [5.41, 5.74) is 3.11. The molecule has 3 nitrogen and oxygen atoms in total. The molecule has 1 aliphatic carbocycles. The molecule has 0 N–H and O–H groups in total. The van der Waals surface area contributed by atoms with Gasteiger partial charge in [-0.2, -0.15) is 0 Å². The Balaban J connectivity index is 1.20. The summed E-state index contributed by atoms with van der Waals surface area (Å²) in [5.74, 6) is 2.09. The van der Waals surface area contributed by atoms with Crippen LogP contribution < -0.4 is 4.74 Å². The van der Waals surface area contributed by atoms with Crippen LogP contribution in [-0.4, -0.2) is 48.6 Å². The molecule has 0 spiro atoms. The van der Waals surface area contributed by atoms with E-state index in [0.29, 0.717) is 6.04 Å². The first kappa shape index (κ1) is 16.1. The molecule has 3 heteroatoms. The second kappa shape index (κ2) is 6.92. The maximum atomic E-state index is 6.21. The van der Waals surface area contributed by atoms with Gasteiger partial charge >= 0.3 is 0 Å². The molecule has 2 unspecified atom stereocenters. The molecule has 136 valence electrons. The van der Waals surface area contributed by atoms with Crippen molar-refractivity contribution in [3.05, 3.63) is 29.3 Å². The Kier molecular flexibility index (Phi) is 4.47. The summed E-state index contributed by atoms with van der Waals surface area (Å²) in [5, 5.41) is 0. The van der Waals surface area contributed by atoms with E-state index in [-0.39, 0.29) is 0 Å². The molecule has 4 saturated heterocycles. The first-order valence-corrected chi connectivity index (χ1v) is 10.6. The maximum absolute atomic E-state index is 6.21. The van der Waals surface area contributed by atoms with Crippen LogP contribution in [0.3, 0.4) is 0 Å². The first-order chi connectivity index (χ1) is 12.4. The van der Waals surface area contributed by atoms with Gasteiger partial charge in [0.25, 0.3) is 0 Å². The van der Waals surface area contributed by atoms with E-state index < -0.39 is 0 Å². The van der Waals surface area contributed by atoms with Gasteiger partial charge in [-0.1, -0.05) is 6.07 Å². The van der Waals surface area contributed by atoms with Crippen molar-refractivity contribution in [3.63, 3.8) is 0 Å². The average molecular weight is 341 g/mol. The number of likely N-dealkylation sites (tertiary alicyclic amines) is 1. The molecule has 1 aromatic rings. The van der Waals surface area contributed by atoms with Gasteiger partial charge in [-0.3, -0.25) is 4.90 Å². The van der Waals surface area contributed by atoms with Crippen LogP contribution in [0.5, 0.6) is 5.75 Å². The van der Waals surface area contributed by atoms with E-state index >= 15 is 0 Å². The smallest absolute Gasteiger partial charge is 0.119 e. The lowest BCUT2D eigenvalue weighted by Crippen LogP contribution is -2.49. The fourth-order valence-corrected chi connectivity index (χ4v) is 5.78. The number of ether oxygens (including phenoxy) is 1. The van der Waals surface area contributed by atoms with Gasteiger partial charge in [0.15, 0.2) is 0 Å². The quantitative estimate of drug-likeness (QED) is 0.805. The lowest BCUT2D eigenvalue weighted by Gasteiger charge is -2.45. The van der Waals surface area contributed by atoms with Crippen LogP contribution in [0.25, 0.3) is 0 Å². The standard InChI is InChI=1S/C22H32N2O/c1-2-11-24(10-1)22-6-4-18-3-5-20(16-21(18)22)25-14-9-19-15-17-7-12-23(19)13-8-17/h3,5,16-17,19,22H,1-2,4,6-15H2. The van der Waals surface area contributed by atoms with Crippen LogP contribution in [0.4, 0.5) is 0 Å². The van der Waals surface area contributed by atoms with E-state index in [1.807, 2.05) is 0 Å². The van der Waals surface area contributed by atoms with Gasteiger partial charge in [-0.05, 0) is 107 Å². The van der Waals surface area contributed by atoms with E-state index in [1.165, 1.54) is 77.5 Å². The number of hydrogen-bond acceptors (Lipinski definition) is 3. The molecular formula is C22H32N2O. The predicted molar refractivity (Wildman–Crippen MR) is 101 cm³/mol. The number of hydrogen-bond donors (Lipinski definition) is 0. The fourth-order valence-electron chi connectivity index (χ4n) is 5.78. The molecule has 4 heterocycles. The summed E-state index contributed by atoms with van der Waals surface area (Å²) in [6.45, 7) is 6.10. The number of aryl methyl sites for hydroxylation is 1. The van der Waals surface area contributed by atoms with Crippen molar-refractivity contribution in [3.8, 4) is 5.75 Å². The molecule has 4 aliphatic heterocycles. The molecule has 2 bridgehead atoms. The predicted octanol–water partition coefficient (Wildman–Crippen LogP) is 4.02. The summed E-state index contributed by atoms with van der Waals surface area (Å²) in [7, 11) is 0. The highest BCUT2D eigenvalue weighted by molar-refractivity contribution is 5.41. The highest BCUT2D eigenvalue weighted by atomic mass is 16.5. The highest BCUT2D eigenvalue weighted by Gasteiger charge is 2.33. The number of piperidine rings is 3. The molecule has 0 radical (unpaired) electrons. The Hall–Kier alpha value is -1.06. The molecule has 1 aromatic carbocycles. The zero-order chi connectivity index (χ0) is 16.6. The largest absolute Gasteiger partial charge is 0.494 e. The van der Waals surface area contributed by atoms with E-state index in [4.69, 9.17) is 4.74 Å². The second-order valence-corrected chi connectivity index (χ2v) is 8.66. The van der Waals surface area contributed by atoms with Gasteiger partial charge in [0.1, 0.15) is 5.75 Å². The summed E-state index contributed by atoms with van der Waals surface area (Å²) in [4.78, 5) is 5.40. The lowest BCUT2D eigenvalue weighted by atomic mass is 9.82. The van der Waals surface area contributed by atoms with Gasteiger partial charge in [0.2, 0.25) is 0 Å². The Bertz CT molecular complexity index is 602. The SMILES string of the molecule is c1cc2c(cc1OCCC1CC3CCN1CC3)C(N1CCCC1)CC2. The molecular weight excluding hydrogens is 308 g/mol. The highest BCUT2D eigenvalue weighted by Crippen LogP contribution is 2.39. The maximum Gasteiger partial charge on any atom is 0.119 e. The van der Waals surface area contributed by atoms with E-state index in [0.717, 1.165) is 24.3 Å². The monoisotopic (exact) mass is 340 g/mol. The number of rotatable bonds is 5. The van der Waals surface area contributed by atoms with E-state index in [2.05, 4.69) is 28.0 Å². The Morgan fingerprint density at radius 1 is 0.960 bits per heavy atom. The molecule has 0 aromatic heterocycles. The van der Waals surface area contributed by atoms with Crippen molar-refractivity contribution < 1.29 is 4.74 Å². The zero-order valence-corrected chi connectivity index (χ0v) is 15.5. The second-order valence-electron chi connectivity index (χ2n) is 8.66. The van der Waals surface area contributed by atoms with Crippen LogP contribution in [0.2, 0.25) is 0 Å². The minimum Gasteiger partial charge on any atom is -0.494 e. The molecule has 0 saturated carbocycles. The summed E-state index contributed by atoms with van der Waals surface area (Å²) in [6.07, 6.45) is 10.8. The van der Waals surface area contributed by atoms with E-state index in [9.17, 15) is 0 Å². The lowest BCUT2D eigenvalue weighted by molar-refractivity contribution is 0.0380. The van der Waals surface area contributed by atoms with Crippen molar-refractivity contribution in [2.45, 2.75) is 63.5 Å². The zero-order valence-electron chi connectivity index (χ0n) is 15.5. The normalized spacial score (nSPS) is 34.4. The van der Waals surface area contributed by atoms with Crippen LogP contribution in [-0.2, 0) is 6.42 Å². The molecule has 0 amide bonds. The van der Waals surface area contributed by atoms with Crippen molar-refractivity contribution in [2.75, 3.05) is 32.8 Å². The minimum absolute atomic E-state index is 0.654. The van der Waals surface area contributed by atoms with Crippen molar-refractivity contribution in [1.82, 2.24) is 9.80 Å². The van der Waals surface area contributed by atoms with E-state index in [1.54, 1.807) is 11.1 Å². The van der Waals surface area contributed by atoms with Crippen LogP contribution in [0.1, 0.15) is 62.1 Å². The minimum atomic E-state index is 0.654. The molecule has 4 fully saturated rings. The Morgan fingerprint density at radius 3 is 2.56 bits per heavy atom. The molecule has 2 atom stereocenters. The van der Waals surface area contributed by atoms with Gasteiger partial charge in [-0.15, -0.1) is 0 Å². The summed E-state index contributed by atoms with van der Waals surface area (Å²) in [6, 6.07) is 8.32. The van der Waals surface area contributed by atoms with Gasteiger partial charge < -0.3 is 9.64 Å². The first-order valence-electron chi connectivity index (χ1n) is 10.6. The Morgan fingerprint density at radius 2 is 1.80 bits per heavy atom. The fraction of sp³-hybridized carbons (Fsp3) is 0.727.